The number of carboxylic acid groups (broad SMARTS) is 1. The number of hydrogen-bond acceptors (Lipinski definition) is 3. The molecule has 1 saturated heterocycles. The van der Waals surface area contributed by atoms with Crippen molar-refractivity contribution in [3.63, 3.8) is 0 Å². The maximum Gasteiger partial charge on any atom is 0.410 e. The molecule has 0 radical (unpaired) electrons. The Kier molecular flexibility index (Phi) is 2.95. The Labute approximate surface area is 96.4 Å². The van der Waals surface area contributed by atoms with Crippen LogP contribution in [0, 0.1) is 5.82 Å². The van der Waals surface area contributed by atoms with Gasteiger partial charge in [-0.1, -0.05) is 6.07 Å². The van der Waals surface area contributed by atoms with Crippen LogP contribution < -0.4 is 0 Å². The van der Waals surface area contributed by atoms with E-state index in [-0.39, 0.29) is 6.54 Å². The van der Waals surface area contributed by atoms with E-state index in [9.17, 15) is 14.0 Å². The molecule has 1 aliphatic heterocycles. The maximum absolute atomic E-state index is 13.1. The van der Waals surface area contributed by atoms with Crippen LogP contribution in [0.2, 0.25) is 0 Å². The summed E-state index contributed by atoms with van der Waals surface area (Å²) < 4.78 is 17.9. The van der Waals surface area contributed by atoms with E-state index in [1.807, 2.05) is 0 Å². The fourth-order valence-electron chi connectivity index (χ4n) is 1.62. The number of carbonyl (C=O) groups excluding carboxylic acids is 1. The van der Waals surface area contributed by atoms with Gasteiger partial charge in [-0.3, -0.25) is 0 Å². The third kappa shape index (κ3) is 2.35. The molecule has 0 unspecified atom stereocenters. The number of nitrogens with zero attached hydrogens (tertiary/aromatic N) is 1. The molecule has 2 rings (SSSR count). The first-order chi connectivity index (χ1) is 8.08. The molecule has 1 amide bonds. The fourth-order valence-corrected chi connectivity index (χ4v) is 1.62. The minimum atomic E-state index is -1.33. The number of cyclic esters (lactones) is 1. The molecule has 5 nitrogen and oxygen atoms in total. The minimum Gasteiger partial charge on any atom is -0.478 e. The van der Waals surface area contributed by atoms with E-state index in [4.69, 9.17) is 9.84 Å². The van der Waals surface area contributed by atoms with Crippen LogP contribution in [0.5, 0.6) is 0 Å². The van der Waals surface area contributed by atoms with Crippen LogP contribution in [0.1, 0.15) is 15.9 Å². The number of benzene rings is 1. The Bertz CT molecular complexity index is 475. The van der Waals surface area contributed by atoms with Crippen molar-refractivity contribution in [3.05, 3.63) is 35.1 Å². The summed E-state index contributed by atoms with van der Waals surface area (Å²) in [5.41, 5.74) is 0.165. The predicted octanol–water partition coefficient (Wildman–Crippen LogP) is 1.48. The summed E-state index contributed by atoms with van der Waals surface area (Å²) in [6, 6.07) is 3.76. The SMILES string of the molecule is O=C(O)c1cc(CN2CCOC2=O)ccc1F. The molecule has 0 saturated carbocycles. The normalized spacial score (nSPS) is 14.9. The lowest BCUT2D eigenvalue weighted by Crippen LogP contribution is -2.23. The smallest absolute Gasteiger partial charge is 0.410 e. The van der Waals surface area contributed by atoms with Crippen LogP contribution in [0.25, 0.3) is 0 Å². The second-order valence-corrected chi connectivity index (χ2v) is 3.66. The molecule has 0 atom stereocenters. The van der Waals surface area contributed by atoms with E-state index in [1.165, 1.54) is 17.0 Å². The van der Waals surface area contributed by atoms with Gasteiger partial charge in [0.1, 0.15) is 12.4 Å². The van der Waals surface area contributed by atoms with Gasteiger partial charge in [-0.05, 0) is 17.7 Å². The number of carboxylic acids is 1. The Morgan fingerprint density at radius 3 is 2.88 bits per heavy atom. The van der Waals surface area contributed by atoms with Gasteiger partial charge in [0, 0.05) is 6.54 Å². The first kappa shape index (κ1) is 11.4. The quantitative estimate of drug-likeness (QED) is 0.867. The summed E-state index contributed by atoms with van der Waals surface area (Å²) in [6.07, 6.45) is -0.439. The molecule has 1 fully saturated rings. The molecule has 6 heteroatoms. The molecule has 0 spiro atoms. The van der Waals surface area contributed by atoms with Crippen LogP contribution in [0.3, 0.4) is 0 Å². The van der Waals surface area contributed by atoms with Crippen molar-refractivity contribution < 1.29 is 23.8 Å². The Balaban J connectivity index is 2.19. The zero-order valence-electron chi connectivity index (χ0n) is 8.85. The summed E-state index contributed by atoms with van der Waals surface area (Å²) in [6.45, 7) is 1.00. The number of halogens is 1. The summed E-state index contributed by atoms with van der Waals surface area (Å²) in [5, 5.41) is 8.76. The van der Waals surface area contributed by atoms with Crippen molar-refractivity contribution in [2.45, 2.75) is 6.54 Å². The predicted molar refractivity (Wildman–Crippen MR) is 55.1 cm³/mol. The van der Waals surface area contributed by atoms with Crippen LogP contribution in [0.15, 0.2) is 18.2 Å². The lowest BCUT2D eigenvalue weighted by atomic mass is 10.1. The highest BCUT2D eigenvalue weighted by atomic mass is 19.1. The first-order valence-electron chi connectivity index (χ1n) is 5.01. The molecule has 0 aliphatic carbocycles. The van der Waals surface area contributed by atoms with Crippen molar-refractivity contribution in [2.24, 2.45) is 0 Å². The molecule has 1 heterocycles. The number of carbonyl (C=O) groups is 2. The highest BCUT2D eigenvalue weighted by Crippen LogP contribution is 2.14. The molecule has 0 aromatic heterocycles. The van der Waals surface area contributed by atoms with Gasteiger partial charge in [0.15, 0.2) is 0 Å². The van der Waals surface area contributed by atoms with E-state index >= 15 is 0 Å². The van der Waals surface area contributed by atoms with E-state index in [0.717, 1.165) is 6.07 Å². The van der Waals surface area contributed by atoms with Gasteiger partial charge < -0.3 is 14.7 Å². The molecular weight excluding hydrogens is 229 g/mol. The van der Waals surface area contributed by atoms with Gasteiger partial charge in [0.05, 0.1) is 12.1 Å². The third-order valence-electron chi connectivity index (χ3n) is 2.48. The van der Waals surface area contributed by atoms with Gasteiger partial charge >= 0.3 is 12.1 Å². The summed E-state index contributed by atoms with van der Waals surface area (Å²) in [7, 11) is 0. The van der Waals surface area contributed by atoms with E-state index in [1.54, 1.807) is 0 Å². The van der Waals surface area contributed by atoms with Gasteiger partial charge in [0.2, 0.25) is 0 Å². The Hall–Kier alpha value is -2.11. The van der Waals surface area contributed by atoms with Crippen molar-refractivity contribution >= 4 is 12.1 Å². The van der Waals surface area contributed by atoms with Crippen molar-refractivity contribution in [2.75, 3.05) is 13.2 Å². The van der Waals surface area contributed by atoms with Crippen LogP contribution in [-0.2, 0) is 11.3 Å². The van der Waals surface area contributed by atoms with Crippen LogP contribution >= 0.6 is 0 Å². The number of ether oxygens (including phenoxy) is 1. The second-order valence-electron chi connectivity index (χ2n) is 3.66. The molecule has 1 aromatic rings. The van der Waals surface area contributed by atoms with Crippen LogP contribution in [-0.4, -0.2) is 35.2 Å². The Morgan fingerprint density at radius 2 is 2.29 bits per heavy atom. The number of aromatic carboxylic acids is 1. The van der Waals surface area contributed by atoms with Crippen molar-refractivity contribution in [3.8, 4) is 0 Å². The molecular formula is C11H10FNO4. The standard InChI is InChI=1S/C11H10FNO4/c12-9-2-1-7(5-8(9)10(14)15)6-13-3-4-17-11(13)16/h1-2,5H,3-4,6H2,(H,14,15). The maximum atomic E-state index is 13.1. The second kappa shape index (κ2) is 4.40. The lowest BCUT2D eigenvalue weighted by molar-refractivity contribution is 0.0691. The third-order valence-corrected chi connectivity index (χ3v) is 2.48. The van der Waals surface area contributed by atoms with Gasteiger partial charge in [-0.2, -0.15) is 0 Å². The number of amides is 1. The molecule has 17 heavy (non-hydrogen) atoms. The molecule has 1 aromatic carbocycles. The Morgan fingerprint density at radius 1 is 1.53 bits per heavy atom. The van der Waals surface area contributed by atoms with E-state index in [0.29, 0.717) is 18.7 Å². The van der Waals surface area contributed by atoms with Crippen LogP contribution in [0.4, 0.5) is 9.18 Å². The first-order valence-corrected chi connectivity index (χ1v) is 5.01. The van der Waals surface area contributed by atoms with E-state index < -0.39 is 23.4 Å². The van der Waals surface area contributed by atoms with Gasteiger partial charge in [0.25, 0.3) is 0 Å². The largest absolute Gasteiger partial charge is 0.478 e. The van der Waals surface area contributed by atoms with Gasteiger partial charge in [-0.25, -0.2) is 14.0 Å². The number of rotatable bonds is 3. The average Bonchev–Trinajstić information content (AvgIpc) is 2.67. The molecule has 0 bridgehead atoms. The summed E-state index contributed by atoms with van der Waals surface area (Å²) >= 11 is 0. The highest BCUT2D eigenvalue weighted by molar-refractivity contribution is 5.88. The average molecular weight is 239 g/mol. The highest BCUT2D eigenvalue weighted by Gasteiger charge is 2.22. The molecule has 1 aliphatic rings. The lowest BCUT2D eigenvalue weighted by Gasteiger charge is -2.12. The topological polar surface area (TPSA) is 66.8 Å². The molecule has 1 N–H and O–H groups in total. The van der Waals surface area contributed by atoms with E-state index in [2.05, 4.69) is 0 Å². The summed E-state index contributed by atoms with van der Waals surface area (Å²) in [4.78, 5) is 23.3. The zero-order valence-corrected chi connectivity index (χ0v) is 8.85. The zero-order chi connectivity index (χ0) is 12.4. The monoisotopic (exact) mass is 239 g/mol. The number of hydrogen-bond donors (Lipinski definition) is 1. The van der Waals surface area contributed by atoms with Crippen molar-refractivity contribution in [1.82, 2.24) is 4.90 Å². The van der Waals surface area contributed by atoms with Gasteiger partial charge in [-0.15, -0.1) is 0 Å². The molecule has 90 valence electrons. The fraction of sp³-hybridized carbons (Fsp3) is 0.273. The van der Waals surface area contributed by atoms with Crippen molar-refractivity contribution in [1.29, 1.82) is 0 Å². The minimum absolute atomic E-state index is 0.222. The summed E-state index contributed by atoms with van der Waals surface area (Å²) in [5.74, 6) is -2.11.